The van der Waals surface area contributed by atoms with Crippen molar-refractivity contribution in [1.29, 1.82) is 0 Å². The molecule has 0 rings (SSSR count). The van der Waals surface area contributed by atoms with Crippen molar-refractivity contribution in [2.24, 2.45) is 11.3 Å². The van der Waals surface area contributed by atoms with E-state index in [-0.39, 0.29) is 11.5 Å². The first-order chi connectivity index (χ1) is 4.89. The van der Waals surface area contributed by atoms with Crippen LogP contribution in [0.1, 0.15) is 34.6 Å². The largest absolute Gasteiger partial charge is 0.356 e. The molecule has 0 aliphatic rings. The molecule has 0 aromatic carbocycles. The maximum Gasteiger partial charge on any atom is 0.207 e. The van der Waals surface area contributed by atoms with E-state index in [0.29, 0.717) is 5.92 Å². The molecule has 0 aliphatic carbocycles. The quantitative estimate of drug-likeness (QED) is 0.622. The first-order valence-electron chi connectivity index (χ1n) is 4.09. The number of amides is 1. The van der Waals surface area contributed by atoms with Gasteiger partial charge in [0.05, 0.1) is 0 Å². The fourth-order valence-corrected chi connectivity index (χ4v) is 1.00. The van der Waals surface area contributed by atoms with E-state index in [4.69, 9.17) is 0 Å². The van der Waals surface area contributed by atoms with Crippen molar-refractivity contribution >= 4 is 6.41 Å². The van der Waals surface area contributed by atoms with Crippen LogP contribution in [-0.4, -0.2) is 12.5 Å². The average Bonchev–Trinajstić information content (AvgIpc) is 1.85. The fraction of sp³-hybridized carbons (Fsp3) is 0.889. The molecule has 0 fully saturated rings. The molecule has 2 unspecified atom stereocenters. The lowest BCUT2D eigenvalue weighted by Gasteiger charge is -2.31. The fourth-order valence-electron chi connectivity index (χ4n) is 1.00. The number of carbonyl (C=O) groups excluding carboxylic acids is 1. The van der Waals surface area contributed by atoms with Gasteiger partial charge >= 0.3 is 0 Å². The molecule has 0 aromatic heterocycles. The van der Waals surface area contributed by atoms with Crippen molar-refractivity contribution in [2.45, 2.75) is 40.7 Å². The zero-order chi connectivity index (χ0) is 9.07. The second-order valence-electron chi connectivity index (χ2n) is 4.23. The minimum atomic E-state index is 0.257. The van der Waals surface area contributed by atoms with Crippen molar-refractivity contribution in [2.75, 3.05) is 0 Å². The van der Waals surface area contributed by atoms with E-state index in [1.165, 1.54) is 0 Å². The van der Waals surface area contributed by atoms with Gasteiger partial charge in [-0.2, -0.15) is 0 Å². The van der Waals surface area contributed by atoms with Crippen molar-refractivity contribution in [1.82, 2.24) is 5.32 Å². The van der Waals surface area contributed by atoms with Crippen LogP contribution in [0.4, 0.5) is 0 Å². The Labute approximate surface area is 69.4 Å². The molecule has 0 radical (unpaired) electrons. The van der Waals surface area contributed by atoms with E-state index < -0.39 is 0 Å². The Bertz CT molecular complexity index is 126. The monoisotopic (exact) mass is 157 g/mol. The minimum absolute atomic E-state index is 0.257. The van der Waals surface area contributed by atoms with E-state index >= 15 is 0 Å². The van der Waals surface area contributed by atoms with Gasteiger partial charge in [-0.05, 0) is 18.3 Å². The summed E-state index contributed by atoms with van der Waals surface area (Å²) in [4.78, 5) is 10.1. The van der Waals surface area contributed by atoms with E-state index in [0.717, 1.165) is 6.41 Å². The van der Waals surface area contributed by atoms with E-state index in [1.54, 1.807) is 0 Å². The molecule has 0 aliphatic heterocycles. The highest BCUT2D eigenvalue weighted by Crippen LogP contribution is 2.27. The summed E-state index contributed by atoms with van der Waals surface area (Å²) in [6.07, 6.45) is 0.771. The smallest absolute Gasteiger partial charge is 0.207 e. The SMILES string of the molecule is CC(NC=O)C(C)C(C)(C)C. The maximum atomic E-state index is 10.1. The molecule has 2 atom stereocenters. The van der Waals surface area contributed by atoms with Gasteiger partial charge in [0, 0.05) is 6.04 Å². The average molecular weight is 157 g/mol. The highest BCUT2D eigenvalue weighted by molar-refractivity contribution is 5.46. The molecule has 66 valence electrons. The molecule has 0 spiro atoms. The topological polar surface area (TPSA) is 29.1 Å². The van der Waals surface area contributed by atoms with Crippen molar-refractivity contribution in [3.63, 3.8) is 0 Å². The van der Waals surface area contributed by atoms with Crippen LogP contribution in [0.5, 0.6) is 0 Å². The van der Waals surface area contributed by atoms with Crippen LogP contribution in [0, 0.1) is 11.3 Å². The van der Waals surface area contributed by atoms with Crippen LogP contribution in [0.2, 0.25) is 0 Å². The molecule has 2 heteroatoms. The lowest BCUT2D eigenvalue weighted by Crippen LogP contribution is -2.37. The van der Waals surface area contributed by atoms with Crippen LogP contribution in [0.25, 0.3) is 0 Å². The zero-order valence-electron chi connectivity index (χ0n) is 8.14. The molecular weight excluding hydrogens is 138 g/mol. The zero-order valence-corrected chi connectivity index (χ0v) is 8.14. The third-order valence-corrected chi connectivity index (χ3v) is 2.45. The van der Waals surface area contributed by atoms with Crippen LogP contribution < -0.4 is 5.32 Å². The second-order valence-corrected chi connectivity index (χ2v) is 4.23. The van der Waals surface area contributed by atoms with Gasteiger partial charge in [0.25, 0.3) is 0 Å². The van der Waals surface area contributed by atoms with Gasteiger partial charge in [0.2, 0.25) is 6.41 Å². The summed E-state index contributed by atoms with van der Waals surface area (Å²) < 4.78 is 0. The van der Waals surface area contributed by atoms with Gasteiger partial charge < -0.3 is 5.32 Å². The lowest BCUT2D eigenvalue weighted by atomic mass is 9.78. The first-order valence-corrected chi connectivity index (χ1v) is 4.09. The predicted octanol–water partition coefficient (Wildman–Crippen LogP) is 1.80. The maximum absolute atomic E-state index is 10.1. The van der Waals surface area contributed by atoms with Gasteiger partial charge in [0.15, 0.2) is 0 Å². The minimum Gasteiger partial charge on any atom is -0.356 e. The van der Waals surface area contributed by atoms with Crippen molar-refractivity contribution < 1.29 is 4.79 Å². The summed E-state index contributed by atoms with van der Waals surface area (Å²) in [5, 5.41) is 2.77. The molecule has 0 aromatic rings. The molecule has 11 heavy (non-hydrogen) atoms. The summed E-state index contributed by atoms with van der Waals surface area (Å²) in [6.45, 7) is 10.7. The molecule has 1 amide bonds. The van der Waals surface area contributed by atoms with Crippen LogP contribution in [0.3, 0.4) is 0 Å². The molecule has 0 saturated heterocycles. The summed E-state index contributed by atoms with van der Waals surface area (Å²) in [5.41, 5.74) is 0.259. The van der Waals surface area contributed by atoms with Crippen LogP contribution in [-0.2, 0) is 4.79 Å². The Balaban J connectivity index is 4.01. The number of hydrogen-bond donors (Lipinski definition) is 1. The third kappa shape index (κ3) is 3.40. The summed E-state index contributed by atoms with van der Waals surface area (Å²) in [6, 6.07) is 0.257. The number of rotatable bonds is 3. The van der Waals surface area contributed by atoms with E-state index in [9.17, 15) is 4.79 Å². The van der Waals surface area contributed by atoms with E-state index in [1.807, 2.05) is 6.92 Å². The molecule has 2 nitrogen and oxygen atoms in total. The Morgan fingerprint density at radius 3 is 2.00 bits per heavy atom. The van der Waals surface area contributed by atoms with Gasteiger partial charge in [-0.15, -0.1) is 0 Å². The molecule has 0 saturated carbocycles. The standard InChI is InChI=1S/C9H19NO/c1-7(9(3,4)5)8(2)10-6-11/h6-8H,1-5H3,(H,10,11). The first kappa shape index (κ1) is 10.5. The highest BCUT2D eigenvalue weighted by atomic mass is 16.1. The van der Waals surface area contributed by atoms with Crippen molar-refractivity contribution in [3.8, 4) is 0 Å². The highest BCUT2D eigenvalue weighted by Gasteiger charge is 2.24. The summed E-state index contributed by atoms with van der Waals surface area (Å²) >= 11 is 0. The van der Waals surface area contributed by atoms with Crippen LogP contribution in [0.15, 0.2) is 0 Å². The number of carbonyl (C=O) groups is 1. The molecule has 0 heterocycles. The molecular formula is C9H19NO. The van der Waals surface area contributed by atoms with Gasteiger partial charge in [0.1, 0.15) is 0 Å². The Morgan fingerprint density at radius 1 is 1.27 bits per heavy atom. The summed E-state index contributed by atoms with van der Waals surface area (Å²) in [5.74, 6) is 0.493. The third-order valence-electron chi connectivity index (χ3n) is 2.45. The molecule has 1 N–H and O–H groups in total. The normalized spacial score (nSPS) is 17.2. The van der Waals surface area contributed by atoms with Crippen LogP contribution >= 0.6 is 0 Å². The van der Waals surface area contributed by atoms with Gasteiger partial charge in [-0.25, -0.2) is 0 Å². The Hall–Kier alpha value is -0.530. The van der Waals surface area contributed by atoms with E-state index in [2.05, 4.69) is 33.0 Å². The Kier molecular flexibility index (Phi) is 3.56. The van der Waals surface area contributed by atoms with Gasteiger partial charge in [-0.1, -0.05) is 27.7 Å². The lowest BCUT2D eigenvalue weighted by molar-refractivity contribution is -0.110. The van der Waals surface area contributed by atoms with Crippen molar-refractivity contribution in [3.05, 3.63) is 0 Å². The second kappa shape index (κ2) is 3.74. The Morgan fingerprint density at radius 2 is 1.73 bits per heavy atom. The van der Waals surface area contributed by atoms with Gasteiger partial charge in [-0.3, -0.25) is 4.79 Å². The number of hydrogen-bond acceptors (Lipinski definition) is 1. The summed E-state index contributed by atoms with van der Waals surface area (Å²) in [7, 11) is 0. The number of nitrogens with one attached hydrogen (secondary N) is 1. The predicted molar refractivity (Wildman–Crippen MR) is 47.3 cm³/mol. The molecule has 0 bridgehead atoms.